The fraction of sp³-hybridized carbons (Fsp3) is 0.400. The molecule has 6 heteroatoms. The Morgan fingerprint density at radius 3 is 2.31 bits per heavy atom. The first kappa shape index (κ1) is 12.9. The van der Waals surface area contributed by atoms with E-state index in [-0.39, 0.29) is 0 Å². The molecule has 1 aromatic rings. The van der Waals surface area contributed by atoms with Gasteiger partial charge in [0.1, 0.15) is 5.82 Å². The Bertz CT molecular complexity index is 387. The molecule has 0 fully saturated rings. The lowest BCUT2D eigenvalue weighted by atomic mass is 9.89. The van der Waals surface area contributed by atoms with Crippen molar-refractivity contribution < 1.29 is 22.7 Å². The summed E-state index contributed by atoms with van der Waals surface area (Å²) in [4.78, 5) is 0. The van der Waals surface area contributed by atoms with E-state index in [2.05, 4.69) is 0 Å². The predicted molar refractivity (Wildman–Crippen MR) is 50.0 cm³/mol. The van der Waals surface area contributed by atoms with Crippen LogP contribution < -0.4 is 5.73 Å². The Labute approximate surface area is 89.7 Å². The van der Waals surface area contributed by atoms with Crippen LogP contribution in [0.1, 0.15) is 18.1 Å². The van der Waals surface area contributed by atoms with Crippen LogP contribution in [0.25, 0.3) is 0 Å². The minimum atomic E-state index is -4.70. The number of hydrogen-bond donors (Lipinski definition) is 2. The van der Waals surface area contributed by atoms with Crippen molar-refractivity contribution in [3.8, 4) is 0 Å². The van der Waals surface area contributed by atoms with Crippen LogP contribution in [0.3, 0.4) is 0 Å². The molecular weight excluding hydrogens is 226 g/mol. The molecule has 0 saturated carbocycles. The summed E-state index contributed by atoms with van der Waals surface area (Å²) in [6.07, 6.45) is -4.70. The van der Waals surface area contributed by atoms with Crippen LogP contribution in [0.2, 0.25) is 0 Å². The van der Waals surface area contributed by atoms with Gasteiger partial charge in [-0.3, -0.25) is 0 Å². The number of hydrogen-bond acceptors (Lipinski definition) is 2. The highest BCUT2D eigenvalue weighted by Gasteiger charge is 2.39. The molecule has 3 N–H and O–H groups in total. The summed E-state index contributed by atoms with van der Waals surface area (Å²) in [5.74, 6) is -1.08. The normalized spacial score (nSPS) is 15.9. The highest BCUT2D eigenvalue weighted by Crippen LogP contribution is 2.36. The summed E-state index contributed by atoms with van der Waals surface area (Å²) >= 11 is 0. The molecule has 0 bridgehead atoms. The second-order valence-electron chi connectivity index (χ2n) is 3.74. The van der Waals surface area contributed by atoms with E-state index in [1.54, 1.807) is 0 Å². The summed E-state index contributed by atoms with van der Waals surface area (Å²) in [7, 11) is 0. The van der Waals surface area contributed by atoms with E-state index in [1.165, 1.54) is 0 Å². The first-order chi connectivity index (χ1) is 7.20. The number of nitrogens with two attached hydrogens (primary N) is 1. The van der Waals surface area contributed by atoms with E-state index in [9.17, 15) is 17.6 Å². The molecule has 0 unspecified atom stereocenters. The molecule has 0 aliphatic heterocycles. The van der Waals surface area contributed by atoms with Crippen molar-refractivity contribution in [3.05, 3.63) is 35.1 Å². The van der Waals surface area contributed by atoms with Gasteiger partial charge < -0.3 is 10.8 Å². The van der Waals surface area contributed by atoms with E-state index in [1.807, 2.05) is 0 Å². The number of benzene rings is 1. The zero-order chi connectivity index (χ0) is 12.6. The van der Waals surface area contributed by atoms with Crippen LogP contribution in [0, 0.1) is 5.82 Å². The number of aliphatic hydroxyl groups is 1. The molecule has 0 heterocycles. The third-order valence-electron chi connectivity index (χ3n) is 2.22. The number of halogens is 4. The van der Waals surface area contributed by atoms with Crippen molar-refractivity contribution >= 4 is 0 Å². The molecule has 1 rings (SSSR count). The Morgan fingerprint density at radius 1 is 1.31 bits per heavy atom. The minimum absolute atomic E-state index is 0.718. The Balaban J connectivity index is 3.48. The van der Waals surface area contributed by atoms with Gasteiger partial charge in [-0.05, 0) is 19.1 Å². The fourth-order valence-corrected chi connectivity index (χ4v) is 1.42. The number of rotatable bonds is 2. The van der Waals surface area contributed by atoms with Crippen molar-refractivity contribution in [2.24, 2.45) is 5.73 Å². The van der Waals surface area contributed by atoms with Crippen LogP contribution >= 0.6 is 0 Å². The zero-order valence-electron chi connectivity index (χ0n) is 8.48. The molecule has 16 heavy (non-hydrogen) atoms. The van der Waals surface area contributed by atoms with Gasteiger partial charge in [0.15, 0.2) is 0 Å². The quantitative estimate of drug-likeness (QED) is 0.773. The summed E-state index contributed by atoms with van der Waals surface area (Å²) in [6, 6.07) is 2.57. The van der Waals surface area contributed by atoms with E-state index in [0.717, 1.165) is 25.1 Å². The molecule has 2 nitrogen and oxygen atoms in total. The topological polar surface area (TPSA) is 46.2 Å². The molecule has 0 saturated heterocycles. The molecule has 1 atom stereocenters. The Hall–Kier alpha value is -1.14. The summed E-state index contributed by atoms with van der Waals surface area (Å²) < 4.78 is 51.1. The molecule has 0 spiro atoms. The molecule has 0 aliphatic rings. The van der Waals surface area contributed by atoms with Gasteiger partial charge in [0.05, 0.1) is 17.7 Å². The maximum atomic E-state index is 13.4. The van der Waals surface area contributed by atoms with Gasteiger partial charge in [-0.15, -0.1) is 0 Å². The third-order valence-corrected chi connectivity index (χ3v) is 2.22. The average Bonchev–Trinajstić information content (AvgIpc) is 2.15. The van der Waals surface area contributed by atoms with E-state index >= 15 is 0 Å². The zero-order valence-corrected chi connectivity index (χ0v) is 8.48. The van der Waals surface area contributed by atoms with Crippen LogP contribution in [-0.4, -0.2) is 11.7 Å². The number of aliphatic hydroxyl groups excluding tert-OH is 1. The van der Waals surface area contributed by atoms with Crippen LogP contribution in [0.5, 0.6) is 0 Å². The average molecular weight is 237 g/mol. The predicted octanol–water partition coefficient (Wildman–Crippen LogP) is 2.01. The van der Waals surface area contributed by atoms with Gasteiger partial charge in [-0.1, -0.05) is 6.07 Å². The number of alkyl halides is 3. The molecule has 0 radical (unpaired) electrons. The van der Waals surface area contributed by atoms with Crippen LogP contribution in [-0.2, 0) is 11.7 Å². The van der Waals surface area contributed by atoms with Crippen LogP contribution in [0.4, 0.5) is 17.6 Å². The van der Waals surface area contributed by atoms with Crippen LogP contribution in [0.15, 0.2) is 18.2 Å². The smallest absolute Gasteiger partial charge is 0.394 e. The highest BCUT2D eigenvalue weighted by atomic mass is 19.4. The molecule has 90 valence electrons. The van der Waals surface area contributed by atoms with Gasteiger partial charge in [-0.2, -0.15) is 13.2 Å². The molecule has 0 aliphatic carbocycles. The van der Waals surface area contributed by atoms with Crippen molar-refractivity contribution in [1.82, 2.24) is 0 Å². The summed E-state index contributed by atoms with van der Waals surface area (Å²) in [5, 5.41) is 8.90. The second kappa shape index (κ2) is 4.03. The third kappa shape index (κ3) is 2.33. The Morgan fingerprint density at radius 2 is 1.88 bits per heavy atom. The lowest BCUT2D eigenvalue weighted by Crippen LogP contribution is -2.40. The highest BCUT2D eigenvalue weighted by molar-refractivity contribution is 5.36. The van der Waals surface area contributed by atoms with E-state index in [0.29, 0.717) is 0 Å². The Kier molecular flexibility index (Phi) is 3.25. The standard InChI is InChI=1S/C10H11F4NO/c1-9(15,5-16)8-6(10(12,13)14)3-2-4-7(8)11/h2-4,16H,5,15H2,1H3/t9-/m0/s1. The van der Waals surface area contributed by atoms with E-state index in [4.69, 9.17) is 10.8 Å². The van der Waals surface area contributed by atoms with E-state index < -0.39 is 35.3 Å². The maximum absolute atomic E-state index is 13.4. The first-order valence-electron chi connectivity index (χ1n) is 4.46. The fourth-order valence-electron chi connectivity index (χ4n) is 1.42. The van der Waals surface area contributed by atoms with Crippen molar-refractivity contribution in [2.75, 3.05) is 6.61 Å². The largest absolute Gasteiger partial charge is 0.416 e. The lowest BCUT2D eigenvalue weighted by Gasteiger charge is -2.26. The molecule has 1 aromatic carbocycles. The molecular formula is C10H11F4NO. The second-order valence-corrected chi connectivity index (χ2v) is 3.74. The van der Waals surface area contributed by atoms with Crippen molar-refractivity contribution in [2.45, 2.75) is 18.6 Å². The molecule has 0 amide bonds. The van der Waals surface area contributed by atoms with Gasteiger partial charge in [0.25, 0.3) is 0 Å². The van der Waals surface area contributed by atoms with Crippen molar-refractivity contribution in [1.29, 1.82) is 0 Å². The minimum Gasteiger partial charge on any atom is -0.394 e. The maximum Gasteiger partial charge on any atom is 0.416 e. The van der Waals surface area contributed by atoms with Gasteiger partial charge in [0.2, 0.25) is 0 Å². The monoisotopic (exact) mass is 237 g/mol. The molecule has 0 aromatic heterocycles. The van der Waals surface area contributed by atoms with Crippen molar-refractivity contribution in [3.63, 3.8) is 0 Å². The first-order valence-corrected chi connectivity index (χ1v) is 4.46. The summed E-state index contributed by atoms with van der Waals surface area (Å²) in [5.41, 5.74) is 1.80. The SMILES string of the molecule is C[C@](N)(CO)c1c(F)cccc1C(F)(F)F. The lowest BCUT2D eigenvalue weighted by molar-refractivity contribution is -0.139. The van der Waals surface area contributed by atoms with Gasteiger partial charge >= 0.3 is 6.18 Å². The van der Waals surface area contributed by atoms with Gasteiger partial charge in [0, 0.05) is 5.56 Å². The summed E-state index contributed by atoms with van der Waals surface area (Å²) in [6.45, 7) is 0.359. The van der Waals surface area contributed by atoms with Gasteiger partial charge in [-0.25, -0.2) is 4.39 Å².